The van der Waals surface area contributed by atoms with Crippen molar-refractivity contribution >= 4 is 0 Å². The van der Waals surface area contributed by atoms with Gasteiger partial charge < -0.3 is 5.73 Å². The second-order valence-electron chi connectivity index (χ2n) is 4.47. The van der Waals surface area contributed by atoms with Crippen LogP contribution in [0, 0.1) is 17.7 Å². The summed E-state index contributed by atoms with van der Waals surface area (Å²) in [6.45, 7) is 8.14. The second-order valence-corrected chi connectivity index (χ2v) is 4.47. The summed E-state index contributed by atoms with van der Waals surface area (Å²) in [5.74, 6) is 5.36. The first-order valence-corrected chi connectivity index (χ1v) is 6.29. The summed E-state index contributed by atoms with van der Waals surface area (Å²) in [7, 11) is 0. The van der Waals surface area contributed by atoms with Crippen molar-refractivity contribution in [3.63, 3.8) is 0 Å². The summed E-state index contributed by atoms with van der Waals surface area (Å²) in [6, 6.07) is 5.54. The molecule has 0 spiro atoms. The zero-order valence-electron chi connectivity index (χ0n) is 11.3. The molecule has 0 saturated heterocycles. The quantitative estimate of drug-likeness (QED) is 0.829. The molecule has 1 rings (SSSR count). The van der Waals surface area contributed by atoms with Crippen LogP contribution in [0.25, 0.3) is 0 Å². The third-order valence-electron chi connectivity index (χ3n) is 2.90. The van der Waals surface area contributed by atoms with E-state index in [1.807, 2.05) is 6.07 Å². The number of nitrogens with two attached hydrogens (primary N) is 1. The fourth-order valence-electron chi connectivity index (χ4n) is 1.78. The van der Waals surface area contributed by atoms with Crippen LogP contribution in [0.5, 0.6) is 0 Å². The number of hydrogen-bond acceptors (Lipinski definition) is 2. The molecule has 0 atom stereocenters. The standard InChI is InChI=1S/C15H21FN2/c1-4-18(12(2)3)11-14-8-7-13(6-5-9-17)10-15(14)16/h7-8,10,12H,4,9,11,17H2,1-3H3. The molecule has 0 bridgehead atoms. The average molecular weight is 248 g/mol. The van der Waals surface area contributed by atoms with Gasteiger partial charge in [-0.05, 0) is 32.5 Å². The van der Waals surface area contributed by atoms with Gasteiger partial charge in [-0.2, -0.15) is 0 Å². The second kappa shape index (κ2) is 7.15. The summed E-state index contributed by atoms with van der Waals surface area (Å²) in [5.41, 5.74) is 6.67. The third kappa shape index (κ3) is 4.14. The van der Waals surface area contributed by atoms with Gasteiger partial charge in [0, 0.05) is 23.7 Å². The fraction of sp³-hybridized carbons (Fsp3) is 0.467. The van der Waals surface area contributed by atoms with E-state index in [1.54, 1.807) is 6.07 Å². The fourth-order valence-corrected chi connectivity index (χ4v) is 1.78. The molecule has 0 aliphatic carbocycles. The number of nitrogens with zero attached hydrogens (tertiary/aromatic N) is 1. The van der Waals surface area contributed by atoms with E-state index in [1.165, 1.54) is 6.07 Å². The Morgan fingerprint density at radius 1 is 1.39 bits per heavy atom. The van der Waals surface area contributed by atoms with Crippen LogP contribution in [0.2, 0.25) is 0 Å². The van der Waals surface area contributed by atoms with Gasteiger partial charge >= 0.3 is 0 Å². The van der Waals surface area contributed by atoms with E-state index in [-0.39, 0.29) is 5.82 Å². The maximum absolute atomic E-state index is 13.9. The molecule has 0 amide bonds. The Kier molecular flexibility index (Phi) is 5.84. The smallest absolute Gasteiger partial charge is 0.128 e. The average Bonchev–Trinajstić information content (AvgIpc) is 2.34. The molecule has 1 aromatic rings. The lowest BCUT2D eigenvalue weighted by Gasteiger charge is -2.24. The van der Waals surface area contributed by atoms with Crippen molar-refractivity contribution in [2.24, 2.45) is 5.73 Å². The van der Waals surface area contributed by atoms with Crippen molar-refractivity contribution in [3.05, 3.63) is 35.1 Å². The van der Waals surface area contributed by atoms with E-state index in [4.69, 9.17) is 5.73 Å². The van der Waals surface area contributed by atoms with E-state index in [0.717, 1.165) is 6.54 Å². The molecule has 0 fully saturated rings. The highest BCUT2D eigenvalue weighted by molar-refractivity contribution is 5.37. The molecule has 0 aromatic heterocycles. The molecule has 0 unspecified atom stereocenters. The molecular weight excluding hydrogens is 227 g/mol. The summed E-state index contributed by atoms with van der Waals surface area (Å²) in [6.07, 6.45) is 0. The van der Waals surface area contributed by atoms with E-state index in [2.05, 4.69) is 37.5 Å². The van der Waals surface area contributed by atoms with Crippen LogP contribution in [-0.4, -0.2) is 24.0 Å². The van der Waals surface area contributed by atoms with Crippen molar-refractivity contribution in [1.82, 2.24) is 4.90 Å². The number of halogens is 1. The Morgan fingerprint density at radius 3 is 2.61 bits per heavy atom. The van der Waals surface area contributed by atoms with E-state index in [9.17, 15) is 4.39 Å². The van der Waals surface area contributed by atoms with E-state index < -0.39 is 0 Å². The molecule has 0 radical (unpaired) electrons. The van der Waals surface area contributed by atoms with Gasteiger partial charge in [-0.3, -0.25) is 4.90 Å². The minimum absolute atomic E-state index is 0.196. The highest BCUT2D eigenvalue weighted by atomic mass is 19.1. The Balaban J connectivity index is 2.85. The van der Waals surface area contributed by atoms with Gasteiger partial charge in [0.05, 0.1) is 6.54 Å². The molecule has 0 aliphatic heterocycles. The molecule has 2 N–H and O–H groups in total. The monoisotopic (exact) mass is 248 g/mol. The Labute approximate surface area is 109 Å². The lowest BCUT2D eigenvalue weighted by atomic mass is 10.1. The molecule has 2 nitrogen and oxygen atoms in total. The van der Waals surface area contributed by atoms with Crippen LogP contribution in [0.3, 0.4) is 0 Å². The largest absolute Gasteiger partial charge is 0.320 e. The molecule has 3 heteroatoms. The van der Waals surface area contributed by atoms with Crippen molar-refractivity contribution in [2.45, 2.75) is 33.4 Å². The minimum Gasteiger partial charge on any atom is -0.320 e. The van der Waals surface area contributed by atoms with Crippen LogP contribution in [0.1, 0.15) is 31.9 Å². The molecular formula is C15H21FN2. The molecule has 0 heterocycles. The third-order valence-corrected chi connectivity index (χ3v) is 2.90. The van der Waals surface area contributed by atoms with Gasteiger partial charge in [0.2, 0.25) is 0 Å². The summed E-state index contributed by atoms with van der Waals surface area (Å²) in [5, 5.41) is 0. The summed E-state index contributed by atoms with van der Waals surface area (Å²) < 4.78 is 13.9. The maximum atomic E-state index is 13.9. The van der Waals surface area contributed by atoms with Crippen molar-refractivity contribution in [2.75, 3.05) is 13.1 Å². The number of benzene rings is 1. The Morgan fingerprint density at radius 2 is 2.11 bits per heavy atom. The SMILES string of the molecule is CCN(Cc1ccc(C#CCN)cc1F)C(C)C. The molecule has 0 saturated carbocycles. The van der Waals surface area contributed by atoms with Crippen LogP contribution in [0.15, 0.2) is 18.2 Å². The van der Waals surface area contributed by atoms with Gasteiger partial charge in [0.25, 0.3) is 0 Å². The van der Waals surface area contributed by atoms with Crippen molar-refractivity contribution in [1.29, 1.82) is 0 Å². The van der Waals surface area contributed by atoms with E-state index >= 15 is 0 Å². The van der Waals surface area contributed by atoms with Gasteiger partial charge in [-0.25, -0.2) is 4.39 Å². The van der Waals surface area contributed by atoms with Crippen LogP contribution >= 0.6 is 0 Å². The first-order chi connectivity index (χ1) is 8.58. The van der Waals surface area contributed by atoms with Gasteiger partial charge in [0.15, 0.2) is 0 Å². The summed E-state index contributed by atoms with van der Waals surface area (Å²) >= 11 is 0. The lowest BCUT2D eigenvalue weighted by molar-refractivity contribution is 0.222. The van der Waals surface area contributed by atoms with Gasteiger partial charge in [-0.15, -0.1) is 0 Å². The molecule has 0 aliphatic rings. The maximum Gasteiger partial charge on any atom is 0.128 e. The predicted octanol–water partition coefficient (Wildman–Crippen LogP) is 2.37. The van der Waals surface area contributed by atoms with Gasteiger partial charge in [-0.1, -0.05) is 24.8 Å². The number of hydrogen-bond donors (Lipinski definition) is 1. The van der Waals surface area contributed by atoms with Crippen LogP contribution < -0.4 is 5.73 Å². The van der Waals surface area contributed by atoms with E-state index in [0.29, 0.717) is 30.3 Å². The Bertz CT molecular complexity index is 444. The van der Waals surface area contributed by atoms with Crippen molar-refractivity contribution < 1.29 is 4.39 Å². The predicted molar refractivity (Wildman–Crippen MR) is 73.6 cm³/mol. The zero-order chi connectivity index (χ0) is 13.5. The Hall–Kier alpha value is -1.37. The van der Waals surface area contributed by atoms with Crippen LogP contribution in [0.4, 0.5) is 4.39 Å². The molecule has 98 valence electrons. The van der Waals surface area contributed by atoms with Gasteiger partial charge in [0.1, 0.15) is 5.82 Å². The first-order valence-electron chi connectivity index (χ1n) is 6.29. The lowest BCUT2D eigenvalue weighted by Crippen LogP contribution is -2.30. The topological polar surface area (TPSA) is 29.3 Å². The van der Waals surface area contributed by atoms with Crippen molar-refractivity contribution in [3.8, 4) is 11.8 Å². The van der Waals surface area contributed by atoms with Crippen LogP contribution in [-0.2, 0) is 6.54 Å². The highest BCUT2D eigenvalue weighted by Crippen LogP contribution is 2.14. The number of rotatable bonds is 4. The first kappa shape index (κ1) is 14.7. The normalized spacial score (nSPS) is 10.6. The zero-order valence-corrected chi connectivity index (χ0v) is 11.3. The summed E-state index contributed by atoms with van der Waals surface area (Å²) in [4.78, 5) is 2.21. The molecule has 1 aromatic carbocycles. The minimum atomic E-state index is -0.196. The highest BCUT2D eigenvalue weighted by Gasteiger charge is 2.10. The molecule has 18 heavy (non-hydrogen) atoms.